The van der Waals surface area contributed by atoms with Crippen molar-refractivity contribution in [1.82, 2.24) is 24.4 Å². The normalized spacial score (nSPS) is 17.2. The Morgan fingerprint density at radius 1 is 1.04 bits per heavy atom. The van der Waals surface area contributed by atoms with Gasteiger partial charge in [0.25, 0.3) is 21.8 Å². The van der Waals surface area contributed by atoms with Crippen LogP contribution in [-0.4, -0.2) is 70.1 Å². The summed E-state index contributed by atoms with van der Waals surface area (Å²) in [6.45, 7) is 2.98. The molecule has 0 aliphatic carbocycles. The average Bonchev–Trinajstić information content (AvgIpc) is 3.82. The van der Waals surface area contributed by atoms with Gasteiger partial charge in [0, 0.05) is 5.56 Å². The van der Waals surface area contributed by atoms with Crippen LogP contribution in [0.2, 0.25) is 0 Å². The number of amides is 3. The Balaban J connectivity index is 1.09. The molecule has 50 heavy (non-hydrogen) atoms. The highest BCUT2D eigenvalue weighted by Crippen LogP contribution is 2.33. The van der Waals surface area contributed by atoms with Crippen molar-refractivity contribution >= 4 is 27.7 Å². The summed E-state index contributed by atoms with van der Waals surface area (Å²) in [7, 11) is -4.42. The lowest BCUT2D eigenvalue weighted by Gasteiger charge is -2.19. The van der Waals surface area contributed by atoms with Crippen molar-refractivity contribution < 1.29 is 45.8 Å². The molecule has 3 heterocycles. The van der Waals surface area contributed by atoms with E-state index in [1.54, 1.807) is 36.4 Å². The molecule has 2 unspecified atom stereocenters. The minimum atomic E-state index is -4.72. The summed E-state index contributed by atoms with van der Waals surface area (Å²) in [5.41, 5.74) is 0.893. The van der Waals surface area contributed by atoms with Crippen LogP contribution in [0.15, 0.2) is 89.0 Å². The van der Waals surface area contributed by atoms with Gasteiger partial charge in [0.1, 0.15) is 0 Å². The summed E-state index contributed by atoms with van der Waals surface area (Å²) in [5, 5.41) is 20.8. The van der Waals surface area contributed by atoms with Crippen LogP contribution in [0.3, 0.4) is 0 Å². The van der Waals surface area contributed by atoms with Crippen molar-refractivity contribution in [3.63, 3.8) is 0 Å². The molecule has 1 saturated heterocycles. The third-order valence-corrected chi connectivity index (χ3v) is 9.57. The van der Waals surface area contributed by atoms with Gasteiger partial charge < -0.3 is 10.0 Å². The molecule has 3 aromatic carbocycles. The zero-order chi connectivity index (χ0) is 36.0. The summed E-state index contributed by atoms with van der Waals surface area (Å²) in [6.07, 6.45) is -5.87. The molecule has 0 spiro atoms. The SMILES string of the molecule is Cc1ccc(-c2cc(C(F)(F)F)nn2-c2ccc(S(=O)(=O)NC(=O)C3CCN(/[N+]([O-])=N\OC(C)N4C(=O)c5ccccc5C4=O)C3)cc2)cc1. The van der Waals surface area contributed by atoms with E-state index >= 15 is 0 Å². The Morgan fingerprint density at radius 3 is 2.26 bits per heavy atom. The lowest BCUT2D eigenvalue weighted by molar-refractivity contribution is -0.709. The second kappa shape index (κ2) is 12.9. The second-order valence-corrected chi connectivity index (χ2v) is 13.3. The van der Waals surface area contributed by atoms with Gasteiger partial charge in [-0.15, -0.1) is 5.01 Å². The van der Waals surface area contributed by atoms with Crippen LogP contribution in [0.4, 0.5) is 13.2 Å². The molecule has 0 radical (unpaired) electrons. The summed E-state index contributed by atoms with van der Waals surface area (Å²) < 4.78 is 69.8. The Kier molecular flexibility index (Phi) is 8.81. The smallest absolute Gasteiger partial charge is 0.435 e. The molecule has 0 bridgehead atoms. The third-order valence-electron chi connectivity index (χ3n) is 8.21. The molecule has 2 aliphatic heterocycles. The van der Waals surface area contributed by atoms with Crippen LogP contribution in [0.5, 0.6) is 0 Å². The van der Waals surface area contributed by atoms with Gasteiger partial charge in [-0.25, -0.2) is 22.7 Å². The first-order chi connectivity index (χ1) is 23.6. The van der Waals surface area contributed by atoms with Crippen LogP contribution < -0.4 is 4.72 Å². The fourth-order valence-corrected chi connectivity index (χ4v) is 6.59. The number of hydrogen-bond donors (Lipinski definition) is 1. The first kappa shape index (κ1) is 34.1. The van der Waals surface area contributed by atoms with Gasteiger partial charge in [0.2, 0.25) is 17.4 Å². The number of alkyl halides is 3. The molecule has 260 valence electrons. The van der Waals surface area contributed by atoms with E-state index in [1.165, 1.54) is 31.2 Å². The number of aryl methyl sites for hydroxylation is 1. The van der Waals surface area contributed by atoms with Crippen molar-refractivity contribution in [2.75, 3.05) is 13.1 Å². The predicted octanol–water partition coefficient (Wildman–Crippen LogP) is 4.44. The molecule has 2 atom stereocenters. The first-order valence-electron chi connectivity index (χ1n) is 15.1. The van der Waals surface area contributed by atoms with Crippen LogP contribution in [0, 0.1) is 18.0 Å². The van der Waals surface area contributed by atoms with Crippen molar-refractivity contribution in [3.05, 3.63) is 106 Å². The summed E-state index contributed by atoms with van der Waals surface area (Å²) in [4.78, 5) is 43.8. The number of carbonyl (C=O) groups is 3. The highest BCUT2D eigenvalue weighted by atomic mass is 32.2. The second-order valence-electron chi connectivity index (χ2n) is 11.6. The molecule has 1 N–H and O–H groups in total. The Labute approximate surface area is 282 Å². The first-order valence-corrected chi connectivity index (χ1v) is 16.6. The fourth-order valence-electron chi connectivity index (χ4n) is 5.54. The number of hydrogen-bond acceptors (Lipinski definition) is 9. The van der Waals surface area contributed by atoms with Crippen molar-refractivity contribution in [2.24, 2.45) is 11.2 Å². The molecule has 2 aliphatic rings. The summed E-state index contributed by atoms with van der Waals surface area (Å²) >= 11 is 0. The topological polar surface area (TPSA) is 169 Å². The van der Waals surface area contributed by atoms with E-state index in [4.69, 9.17) is 4.84 Å². The van der Waals surface area contributed by atoms with E-state index in [1.807, 2.05) is 11.6 Å². The monoisotopic (exact) mass is 711 g/mol. The number of benzene rings is 3. The van der Waals surface area contributed by atoms with Gasteiger partial charge in [-0.3, -0.25) is 14.4 Å². The van der Waals surface area contributed by atoms with Crippen LogP contribution in [-0.2, 0) is 25.8 Å². The number of nitrogens with one attached hydrogen (secondary N) is 1. The van der Waals surface area contributed by atoms with Crippen LogP contribution >= 0.6 is 0 Å². The maximum absolute atomic E-state index is 13.6. The maximum Gasteiger partial charge on any atom is 0.435 e. The lowest BCUT2D eigenvalue weighted by Crippen LogP contribution is -2.40. The number of hydrazine groups is 1. The molecule has 18 heteroatoms. The number of nitrogens with zero attached hydrogens (tertiary/aromatic N) is 6. The molecule has 6 rings (SSSR count). The number of aromatic nitrogens is 2. The zero-order valence-corrected chi connectivity index (χ0v) is 27.2. The minimum Gasteiger partial charge on any atom is -0.569 e. The number of sulfonamides is 1. The molecular formula is C32H28F3N7O7S. The highest BCUT2D eigenvalue weighted by molar-refractivity contribution is 7.90. The van der Waals surface area contributed by atoms with Crippen molar-refractivity contribution in [1.29, 1.82) is 0 Å². The zero-order valence-electron chi connectivity index (χ0n) is 26.4. The summed E-state index contributed by atoms with van der Waals surface area (Å²) in [5.74, 6) is -3.05. The average molecular weight is 712 g/mol. The number of halogens is 3. The van der Waals surface area contributed by atoms with Gasteiger partial charge in [-0.05, 0) is 62.7 Å². The van der Waals surface area contributed by atoms with E-state index in [0.717, 1.165) is 38.4 Å². The number of fused-ring (bicyclic) bond motifs is 1. The Hall–Kier alpha value is -5.78. The van der Waals surface area contributed by atoms with E-state index in [0.29, 0.717) is 5.56 Å². The van der Waals surface area contributed by atoms with E-state index in [2.05, 4.69) is 10.4 Å². The van der Waals surface area contributed by atoms with Gasteiger partial charge >= 0.3 is 6.18 Å². The summed E-state index contributed by atoms with van der Waals surface area (Å²) in [6, 6.07) is 18.6. The molecule has 1 aromatic heterocycles. The lowest BCUT2D eigenvalue weighted by atomic mass is 10.1. The van der Waals surface area contributed by atoms with E-state index < -0.39 is 51.8 Å². The molecule has 1 fully saturated rings. The Bertz CT molecular complexity index is 2080. The largest absolute Gasteiger partial charge is 0.569 e. The van der Waals surface area contributed by atoms with Crippen LogP contribution in [0.1, 0.15) is 45.3 Å². The van der Waals surface area contributed by atoms with Gasteiger partial charge in [0.15, 0.2) is 5.69 Å². The predicted molar refractivity (Wildman–Crippen MR) is 167 cm³/mol. The quantitative estimate of drug-likeness (QED) is 0.114. The number of rotatable bonds is 9. The standard InChI is InChI=1S/C32H28F3N7O7S/c1-19-7-9-21(10-8-19)27-17-28(32(33,34)35)36-41(27)23-11-13-24(14-12-23)50(47,48)37-29(43)22-15-16-39(18-22)42(46)38-49-20(2)40-30(44)25-5-3-4-6-26(25)31(40)45/h3-14,17,20,22H,15-16,18H2,1-2H3,(H,37,43)/b42-38+. The van der Waals surface area contributed by atoms with E-state index in [-0.39, 0.29) is 51.9 Å². The fraction of sp³-hybridized carbons (Fsp3) is 0.250. The van der Waals surface area contributed by atoms with Crippen molar-refractivity contribution in [3.8, 4) is 16.9 Å². The number of carbonyl (C=O) groups excluding carboxylic acids is 3. The Morgan fingerprint density at radius 2 is 1.66 bits per heavy atom. The van der Waals surface area contributed by atoms with Gasteiger partial charge in [0.05, 0.1) is 51.4 Å². The molecule has 4 aromatic rings. The van der Waals surface area contributed by atoms with Gasteiger partial charge in [-0.1, -0.05) is 42.0 Å². The maximum atomic E-state index is 13.6. The molecule has 3 amide bonds. The number of imide groups is 1. The highest BCUT2D eigenvalue weighted by Gasteiger charge is 2.40. The molecule has 0 saturated carbocycles. The van der Waals surface area contributed by atoms with Crippen LogP contribution in [0.25, 0.3) is 16.9 Å². The minimum absolute atomic E-state index is 0.0116. The molecular weight excluding hydrogens is 683 g/mol. The molecule has 14 nitrogen and oxygen atoms in total. The van der Waals surface area contributed by atoms with E-state index in [9.17, 15) is 41.2 Å². The van der Waals surface area contributed by atoms with Gasteiger partial charge in [-0.2, -0.15) is 18.3 Å². The van der Waals surface area contributed by atoms with Crippen molar-refractivity contribution in [2.45, 2.75) is 37.6 Å². The third kappa shape index (κ3) is 6.60.